The number of thiophene rings is 1. The Morgan fingerprint density at radius 1 is 1.16 bits per heavy atom. The molecule has 5 heteroatoms. The molecular formula is C14H15Br2NOS. The molecule has 0 aliphatic carbocycles. The third-order valence-electron chi connectivity index (χ3n) is 2.87. The highest BCUT2D eigenvalue weighted by Crippen LogP contribution is 2.34. The van der Waals surface area contributed by atoms with Crippen molar-refractivity contribution in [2.45, 2.75) is 20.0 Å². The average molecular weight is 405 g/mol. The van der Waals surface area contributed by atoms with E-state index in [9.17, 15) is 0 Å². The summed E-state index contributed by atoms with van der Waals surface area (Å²) in [6.45, 7) is 3.88. The number of ether oxygens (including phenoxy) is 1. The van der Waals surface area contributed by atoms with E-state index in [4.69, 9.17) is 4.74 Å². The number of aryl methyl sites for hydroxylation is 1. The maximum atomic E-state index is 5.30. The van der Waals surface area contributed by atoms with Crippen LogP contribution in [0.1, 0.15) is 16.7 Å². The van der Waals surface area contributed by atoms with Gasteiger partial charge in [-0.3, -0.25) is 0 Å². The quantitative estimate of drug-likeness (QED) is 0.766. The monoisotopic (exact) mass is 403 g/mol. The lowest BCUT2D eigenvalue weighted by molar-refractivity contribution is 0.409. The molecule has 0 fully saturated rings. The molecule has 2 nitrogen and oxygen atoms in total. The Balaban J connectivity index is 1.99. The molecule has 0 saturated carbocycles. The maximum absolute atomic E-state index is 5.30. The standard InChI is InChI=1S/C14H15Br2NOS/c1-9-7-19-8-11(9)6-17-5-10-3-12(15)14(18-2)13(16)4-10/h3-4,7-8,17H,5-6H2,1-2H3. The summed E-state index contributed by atoms with van der Waals surface area (Å²) in [4.78, 5) is 0. The summed E-state index contributed by atoms with van der Waals surface area (Å²) in [5.74, 6) is 0.831. The SMILES string of the molecule is COc1c(Br)cc(CNCc2cscc2C)cc1Br. The van der Waals surface area contributed by atoms with Gasteiger partial charge in [0.25, 0.3) is 0 Å². The summed E-state index contributed by atoms with van der Waals surface area (Å²) in [5.41, 5.74) is 3.94. The Morgan fingerprint density at radius 2 is 1.84 bits per heavy atom. The molecule has 0 aliphatic rings. The van der Waals surface area contributed by atoms with Crippen molar-refractivity contribution >= 4 is 43.2 Å². The number of hydrogen-bond acceptors (Lipinski definition) is 3. The third-order valence-corrected chi connectivity index (χ3v) is 4.96. The molecule has 0 saturated heterocycles. The lowest BCUT2D eigenvalue weighted by atomic mass is 10.2. The van der Waals surface area contributed by atoms with E-state index in [1.54, 1.807) is 18.4 Å². The van der Waals surface area contributed by atoms with Crippen molar-refractivity contribution in [3.8, 4) is 5.75 Å². The van der Waals surface area contributed by atoms with Crippen LogP contribution in [-0.4, -0.2) is 7.11 Å². The summed E-state index contributed by atoms with van der Waals surface area (Å²) in [5, 5.41) is 7.84. The number of benzene rings is 1. The smallest absolute Gasteiger partial charge is 0.147 e. The van der Waals surface area contributed by atoms with E-state index in [2.05, 4.69) is 67.0 Å². The zero-order chi connectivity index (χ0) is 13.8. The summed E-state index contributed by atoms with van der Waals surface area (Å²) in [6, 6.07) is 4.16. The Kier molecular flexibility index (Phi) is 5.45. The van der Waals surface area contributed by atoms with E-state index in [-0.39, 0.29) is 0 Å². The van der Waals surface area contributed by atoms with E-state index in [1.807, 2.05) is 0 Å². The summed E-state index contributed by atoms with van der Waals surface area (Å²) < 4.78 is 7.23. The van der Waals surface area contributed by atoms with Crippen LogP contribution in [0, 0.1) is 6.92 Å². The fourth-order valence-electron chi connectivity index (χ4n) is 1.82. The molecule has 2 rings (SSSR count). The minimum Gasteiger partial charge on any atom is -0.494 e. The first-order valence-electron chi connectivity index (χ1n) is 5.86. The molecule has 0 bridgehead atoms. The van der Waals surface area contributed by atoms with Gasteiger partial charge in [0, 0.05) is 13.1 Å². The van der Waals surface area contributed by atoms with Crippen LogP contribution in [0.2, 0.25) is 0 Å². The molecule has 0 amide bonds. The van der Waals surface area contributed by atoms with Gasteiger partial charge in [0.1, 0.15) is 5.75 Å². The van der Waals surface area contributed by atoms with Crippen molar-refractivity contribution in [3.05, 3.63) is 48.5 Å². The molecule has 1 aromatic carbocycles. The van der Waals surface area contributed by atoms with Crippen LogP contribution in [0.5, 0.6) is 5.75 Å². The van der Waals surface area contributed by atoms with Crippen LogP contribution in [0.15, 0.2) is 31.8 Å². The molecule has 0 atom stereocenters. The van der Waals surface area contributed by atoms with E-state index in [0.29, 0.717) is 0 Å². The van der Waals surface area contributed by atoms with Gasteiger partial charge in [-0.1, -0.05) is 0 Å². The van der Waals surface area contributed by atoms with Crippen LogP contribution in [0.4, 0.5) is 0 Å². The second-order valence-corrected chi connectivity index (χ2v) is 6.73. The molecule has 1 aromatic heterocycles. The number of halogens is 2. The highest BCUT2D eigenvalue weighted by molar-refractivity contribution is 9.11. The molecule has 1 N–H and O–H groups in total. The first-order valence-corrected chi connectivity index (χ1v) is 8.39. The fraction of sp³-hybridized carbons (Fsp3) is 0.286. The topological polar surface area (TPSA) is 21.3 Å². The van der Waals surface area contributed by atoms with Gasteiger partial charge in [0.15, 0.2) is 0 Å². The molecule has 19 heavy (non-hydrogen) atoms. The van der Waals surface area contributed by atoms with Gasteiger partial charge in [-0.25, -0.2) is 0 Å². The van der Waals surface area contributed by atoms with Crippen molar-refractivity contribution in [3.63, 3.8) is 0 Å². The van der Waals surface area contributed by atoms with Crippen molar-refractivity contribution in [2.24, 2.45) is 0 Å². The Labute approximate surface area is 134 Å². The number of rotatable bonds is 5. The summed E-state index contributed by atoms with van der Waals surface area (Å²) in [6.07, 6.45) is 0. The predicted molar refractivity (Wildman–Crippen MR) is 88.0 cm³/mol. The van der Waals surface area contributed by atoms with Gasteiger partial charge in [0.05, 0.1) is 16.1 Å². The minimum absolute atomic E-state index is 0.830. The first kappa shape index (κ1) is 15.0. The van der Waals surface area contributed by atoms with Gasteiger partial charge in [0.2, 0.25) is 0 Å². The first-order chi connectivity index (χ1) is 9.11. The van der Waals surface area contributed by atoms with Crippen LogP contribution in [0.25, 0.3) is 0 Å². The molecule has 1 heterocycles. The van der Waals surface area contributed by atoms with Crippen LogP contribution >= 0.6 is 43.2 Å². The molecule has 0 unspecified atom stereocenters. The zero-order valence-electron chi connectivity index (χ0n) is 10.8. The number of methoxy groups -OCH3 is 1. The van der Waals surface area contributed by atoms with E-state index >= 15 is 0 Å². The molecule has 102 valence electrons. The number of hydrogen-bond donors (Lipinski definition) is 1. The van der Waals surface area contributed by atoms with Crippen molar-refractivity contribution < 1.29 is 4.74 Å². The highest BCUT2D eigenvalue weighted by atomic mass is 79.9. The predicted octanol–water partition coefficient (Wildman–Crippen LogP) is 4.88. The van der Waals surface area contributed by atoms with Crippen LogP contribution in [0.3, 0.4) is 0 Å². The Morgan fingerprint density at radius 3 is 2.37 bits per heavy atom. The second kappa shape index (κ2) is 6.88. The van der Waals surface area contributed by atoms with Gasteiger partial charge in [-0.05, 0) is 78.4 Å². The molecule has 0 aliphatic heterocycles. The summed E-state index contributed by atoms with van der Waals surface area (Å²) in [7, 11) is 1.67. The largest absolute Gasteiger partial charge is 0.494 e. The average Bonchev–Trinajstić information content (AvgIpc) is 2.75. The molecular weight excluding hydrogens is 390 g/mol. The molecule has 0 spiro atoms. The van der Waals surface area contributed by atoms with Crippen molar-refractivity contribution in [1.29, 1.82) is 0 Å². The van der Waals surface area contributed by atoms with E-state index in [0.717, 1.165) is 27.8 Å². The number of nitrogens with one attached hydrogen (secondary N) is 1. The molecule has 0 radical (unpaired) electrons. The summed E-state index contributed by atoms with van der Waals surface area (Å²) >= 11 is 8.79. The Hall–Kier alpha value is -0.360. The third kappa shape index (κ3) is 3.81. The van der Waals surface area contributed by atoms with Crippen molar-refractivity contribution in [2.75, 3.05) is 7.11 Å². The molecule has 2 aromatic rings. The van der Waals surface area contributed by atoms with Crippen LogP contribution < -0.4 is 10.1 Å². The minimum atomic E-state index is 0.830. The van der Waals surface area contributed by atoms with Crippen molar-refractivity contribution in [1.82, 2.24) is 5.32 Å². The normalized spacial score (nSPS) is 10.7. The lowest BCUT2D eigenvalue weighted by Crippen LogP contribution is -2.12. The second-order valence-electron chi connectivity index (χ2n) is 4.28. The van der Waals surface area contributed by atoms with Crippen LogP contribution in [-0.2, 0) is 13.1 Å². The van der Waals surface area contributed by atoms with E-state index < -0.39 is 0 Å². The lowest BCUT2D eigenvalue weighted by Gasteiger charge is -2.10. The zero-order valence-corrected chi connectivity index (χ0v) is 14.8. The van der Waals surface area contributed by atoms with Gasteiger partial charge < -0.3 is 10.1 Å². The Bertz CT molecular complexity index is 545. The van der Waals surface area contributed by atoms with E-state index in [1.165, 1.54) is 16.7 Å². The van der Waals surface area contributed by atoms with Gasteiger partial charge in [-0.2, -0.15) is 11.3 Å². The van der Waals surface area contributed by atoms with Gasteiger partial charge in [-0.15, -0.1) is 0 Å². The fourth-order valence-corrected chi connectivity index (χ4v) is 4.28. The van der Waals surface area contributed by atoms with Gasteiger partial charge >= 0.3 is 0 Å². The highest BCUT2D eigenvalue weighted by Gasteiger charge is 2.07. The maximum Gasteiger partial charge on any atom is 0.147 e.